The molecule has 0 radical (unpaired) electrons. The number of hydrogen-bond acceptors (Lipinski definition) is 2. The van der Waals surface area contributed by atoms with E-state index in [9.17, 15) is 0 Å². The van der Waals surface area contributed by atoms with Crippen molar-refractivity contribution in [2.24, 2.45) is 5.92 Å². The Kier molecular flexibility index (Phi) is 5.94. The molecule has 0 aliphatic heterocycles. The second kappa shape index (κ2) is 7.94. The first kappa shape index (κ1) is 15.7. The molecule has 0 bridgehead atoms. The lowest BCUT2D eigenvalue weighted by molar-refractivity contribution is 0.283. The van der Waals surface area contributed by atoms with E-state index in [-0.39, 0.29) is 0 Å². The van der Waals surface area contributed by atoms with Crippen molar-refractivity contribution in [2.75, 3.05) is 6.61 Å². The minimum atomic E-state index is 0.298. The number of hydrogen-bond donors (Lipinski definition) is 0. The molecule has 2 heteroatoms. The zero-order chi connectivity index (χ0) is 15.1. The lowest BCUT2D eigenvalue weighted by Crippen LogP contribution is -2.13. The van der Waals surface area contributed by atoms with Crippen molar-refractivity contribution >= 4 is 17.3 Å². The van der Waals surface area contributed by atoms with Crippen molar-refractivity contribution in [1.29, 1.82) is 0 Å². The number of benzene rings is 2. The van der Waals surface area contributed by atoms with Crippen LogP contribution in [0.4, 0.5) is 0 Å². The zero-order valence-corrected chi connectivity index (χ0v) is 13.5. The highest BCUT2D eigenvalue weighted by atomic mass is 32.1. The second-order valence-corrected chi connectivity index (χ2v) is 5.89. The van der Waals surface area contributed by atoms with E-state index >= 15 is 0 Å². The van der Waals surface area contributed by atoms with Crippen molar-refractivity contribution in [3.8, 4) is 0 Å². The SMILES string of the molecule is CC(C)C(=S)OCCC(c1ccccc1)c1ccccc1. The first-order valence-electron chi connectivity index (χ1n) is 7.45. The molecule has 0 unspecified atom stereocenters. The summed E-state index contributed by atoms with van der Waals surface area (Å²) in [6, 6.07) is 21.2. The van der Waals surface area contributed by atoms with Crippen LogP contribution in [0.5, 0.6) is 0 Å². The van der Waals surface area contributed by atoms with Gasteiger partial charge < -0.3 is 4.74 Å². The van der Waals surface area contributed by atoms with Crippen LogP contribution >= 0.6 is 12.2 Å². The van der Waals surface area contributed by atoms with E-state index in [1.165, 1.54) is 11.1 Å². The van der Waals surface area contributed by atoms with Gasteiger partial charge in [0.1, 0.15) is 0 Å². The Morgan fingerprint density at radius 1 is 0.905 bits per heavy atom. The van der Waals surface area contributed by atoms with Gasteiger partial charge in [-0.1, -0.05) is 74.5 Å². The van der Waals surface area contributed by atoms with Crippen LogP contribution in [0.1, 0.15) is 37.3 Å². The molecule has 1 nitrogen and oxygen atoms in total. The smallest absolute Gasteiger partial charge is 0.162 e. The Morgan fingerprint density at radius 3 is 1.81 bits per heavy atom. The van der Waals surface area contributed by atoms with Crippen molar-refractivity contribution in [3.05, 3.63) is 71.8 Å². The van der Waals surface area contributed by atoms with Crippen LogP contribution in [0.15, 0.2) is 60.7 Å². The first-order chi connectivity index (χ1) is 10.2. The van der Waals surface area contributed by atoms with E-state index in [4.69, 9.17) is 17.0 Å². The van der Waals surface area contributed by atoms with Crippen molar-refractivity contribution in [1.82, 2.24) is 0 Å². The van der Waals surface area contributed by atoms with Gasteiger partial charge in [0.25, 0.3) is 0 Å². The van der Waals surface area contributed by atoms with E-state index in [2.05, 4.69) is 74.5 Å². The molecular formula is C19H22OS. The van der Waals surface area contributed by atoms with Gasteiger partial charge in [-0.15, -0.1) is 0 Å². The van der Waals surface area contributed by atoms with Crippen LogP contribution < -0.4 is 0 Å². The molecule has 0 aliphatic carbocycles. The number of rotatable bonds is 6. The molecule has 21 heavy (non-hydrogen) atoms. The largest absolute Gasteiger partial charge is 0.487 e. The second-order valence-electron chi connectivity index (χ2n) is 5.48. The van der Waals surface area contributed by atoms with E-state index in [1.807, 2.05) is 0 Å². The summed E-state index contributed by atoms with van der Waals surface area (Å²) >= 11 is 5.24. The van der Waals surface area contributed by atoms with Crippen molar-refractivity contribution in [2.45, 2.75) is 26.2 Å². The summed E-state index contributed by atoms with van der Waals surface area (Å²) in [6.45, 7) is 4.79. The van der Waals surface area contributed by atoms with E-state index < -0.39 is 0 Å². The molecule has 0 amide bonds. The molecular weight excluding hydrogens is 276 g/mol. The average Bonchev–Trinajstić information content (AvgIpc) is 2.53. The molecule has 110 valence electrons. The average molecular weight is 298 g/mol. The molecule has 2 aromatic rings. The highest BCUT2D eigenvalue weighted by Gasteiger charge is 2.14. The molecule has 2 rings (SSSR count). The Hall–Kier alpha value is -1.67. The van der Waals surface area contributed by atoms with Gasteiger partial charge in [-0.2, -0.15) is 0 Å². The molecule has 0 saturated heterocycles. The van der Waals surface area contributed by atoms with Gasteiger partial charge in [0.15, 0.2) is 5.05 Å². The standard InChI is InChI=1S/C19H22OS/c1-15(2)19(21)20-14-13-18(16-9-5-3-6-10-16)17-11-7-4-8-12-17/h3-12,15,18H,13-14H2,1-2H3. The first-order valence-corrected chi connectivity index (χ1v) is 7.86. The summed E-state index contributed by atoms with van der Waals surface area (Å²) in [5.41, 5.74) is 2.64. The van der Waals surface area contributed by atoms with Crippen LogP contribution in [-0.4, -0.2) is 11.7 Å². The quantitative estimate of drug-likeness (QED) is 0.677. The van der Waals surface area contributed by atoms with Gasteiger partial charge in [0.2, 0.25) is 0 Å². The minimum Gasteiger partial charge on any atom is -0.487 e. The minimum absolute atomic E-state index is 0.298. The number of thiocarbonyl (C=S) groups is 1. The lowest BCUT2D eigenvalue weighted by Gasteiger charge is -2.19. The molecule has 0 fully saturated rings. The van der Waals surface area contributed by atoms with Gasteiger partial charge in [-0.3, -0.25) is 0 Å². The molecule has 0 aliphatic rings. The summed E-state index contributed by atoms with van der Waals surface area (Å²) in [6.07, 6.45) is 0.931. The fourth-order valence-corrected chi connectivity index (χ4v) is 2.42. The topological polar surface area (TPSA) is 9.23 Å². The molecule has 0 heterocycles. The maximum absolute atomic E-state index is 5.71. The molecule has 0 spiro atoms. The van der Waals surface area contributed by atoms with Gasteiger partial charge in [-0.25, -0.2) is 0 Å². The fourth-order valence-electron chi connectivity index (χ4n) is 2.34. The summed E-state index contributed by atoms with van der Waals surface area (Å²) in [4.78, 5) is 0. The van der Waals surface area contributed by atoms with E-state index in [0.717, 1.165) is 6.42 Å². The number of ether oxygens (including phenoxy) is 1. The van der Waals surface area contributed by atoms with E-state index in [0.29, 0.717) is 23.5 Å². The molecule has 0 saturated carbocycles. The third kappa shape index (κ3) is 4.68. The molecule has 0 atom stereocenters. The molecule has 0 N–H and O–H groups in total. The normalized spacial score (nSPS) is 10.9. The zero-order valence-electron chi connectivity index (χ0n) is 12.7. The summed E-state index contributed by atoms with van der Waals surface area (Å²) in [7, 11) is 0. The van der Waals surface area contributed by atoms with Crippen LogP contribution in [0, 0.1) is 5.92 Å². The summed E-state index contributed by atoms with van der Waals surface area (Å²) < 4.78 is 5.71. The Balaban J connectivity index is 2.09. The fraction of sp³-hybridized carbons (Fsp3) is 0.316. The van der Waals surface area contributed by atoms with Gasteiger partial charge >= 0.3 is 0 Å². The van der Waals surface area contributed by atoms with Gasteiger partial charge in [-0.05, 0) is 29.8 Å². The molecule has 2 aromatic carbocycles. The predicted molar refractivity (Wildman–Crippen MR) is 92.7 cm³/mol. The molecule has 0 aromatic heterocycles. The summed E-state index contributed by atoms with van der Waals surface area (Å²) in [5, 5.41) is 0.704. The third-order valence-electron chi connectivity index (χ3n) is 3.53. The predicted octanol–water partition coefficient (Wildman–Crippen LogP) is 5.21. The lowest BCUT2D eigenvalue weighted by atomic mass is 9.89. The van der Waals surface area contributed by atoms with E-state index in [1.54, 1.807) is 0 Å². The Labute approximate surface area is 133 Å². The highest BCUT2D eigenvalue weighted by Crippen LogP contribution is 2.27. The third-order valence-corrected chi connectivity index (χ3v) is 4.12. The Bertz CT molecular complexity index is 509. The maximum Gasteiger partial charge on any atom is 0.162 e. The summed E-state index contributed by atoms with van der Waals surface area (Å²) in [5.74, 6) is 0.647. The van der Waals surface area contributed by atoms with Crippen LogP contribution in [0.25, 0.3) is 0 Å². The Morgan fingerprint density at radius 2 is 1.38 bits per heavy atom. The maximum atomic E-state index is 5.71. The van der Waals surface area contributed by atoms with Crippen LogP contribution in [0.2, 0.25) is 0 Å². The van der Waals surface area contributed by atoms with Gasteiger partial charge in [0, 0.05) is 11.8 Å². The van der Waals surface area contributed by atoms with Crippen LogP contribution in [-0.2, 0) is 4.74 Å². The van der Waals surface area contributed by atoms with Gasteiger partial charge in [0.05, 0.1) is 6.61 Å². The van der Waals surface area contributed by atoms with Crippen LogP contribution in [0.3, 0.4) is 0 Å². The van der Waals surface area contributed by atoms with Crippen molar-refractivity contribution in [3.63, 3.8) is 0 Å². The highest BCUT2D eigenvalue weighted by molar-refractivity contribution is 7.80. The van der Waals surface area contributed by atoms with Crippen molar-refractivity contribution < 1.29 is 4.74 Å². The monoisotopic (exact) mass is 298 g/mol.